The first-order valence-electron chi connectivity index (χ1n) is 6.33. The standard InChI is InChI=1S/C13H13FN4O2S/c14-10-1-3-11(4-2-10)21(19,20)18-6-5-9-7-16-13(15)17-12(9)8-18/h1-4,7H,5-6,8H2,(H2,15,16,17). The molecule has 1 aromatic carbocycles. The molecule has 2 heterocycles. The lowest BCUT2D eigenvalue weighted by molar-refractivity contribution is 0.385. The van der Waals surface area contributed by atoms with Crippen LogP contribution >= 0.6 is 0 Å². The Balaban J connectivity index is 1.93. The SMILES string of the molecule is Nc1ncc2c(n1)CN(S(=O)(=O)c1ccc(F)cc1)CC2. The van der Waals surface area contributed by atoms with E-state index < -0.39 is 15.8 Å². The van der Waals surface area contributed by atoms with Crippen molar-refractivity contribution >= 4 is 16.0 Å². The van der Waals surface area contributed by atoms with E-state index in [2.05, 4.69) is 9.97 Å². The monoisotopic (exact) mass is 308 g/mol. The summed E-state index contributed by atoms with van der Waals surface area (Å²) in [5.41, 5.74) is 7.04. The molecule has 0 saturated carbocycles. The van der Waals surface area contributed by atoms with E-state index >= 15 is 0 Å². The molecule has 0 fully saturated rings. The second kappa shape index (κ2) is 5.05. The Hall–Kier alpha value is -2.06. The lowest BCUT2D eigenvalue weighted by Gasteiger charge is -2.27. The van der Waals surface area contributed by atoms with Crippen molar-refractivity contribution in [3.05, 3.63) is 47.5 Å². The predicted octanol–water partition coefficient (Wildman–Crippen LogP) is 0.945. The van der Waals surface area contributed by atoms with Gasteiger partial charge in [0.05, 0.1) is 17.1 Å². The number of nitrogens with two attached hydrogens (primary N) is 1. The summed E-state index contributed by atoms with van der Waals surface area (Å²) in [7, 11) is -3.67. The highest BCUT2D eigenvalue weighted by atomic mass is 32.2. The van der Waals surface area contributed by atoms with E-state index in [-0.39, 0.29) is 17.4 Å². The fourth-order valence-electron chi connectivity index (χ4n) is 2.26. The van der Waals surface area contributed by atoms with Gasteiger partial charge < -0.3 is 5.73 Å². The van der Waals surface area contributed by atoms with E-state index in [1.54, 1.807) is 6.20 Å². The van der Waals surface area contributed by atoms with Crippen molar-refractivity contribution in [2.45, 2.75) is 17.9 Å². The molecule has 1 aromatic heterocycles. The summed E-state index contributed by atoms with van der Waals surface area (Å²) in [4.78, 5) is 8.05. The van der Waals surface area contributed by atoms with Crippen molar-refractivity contribution in [2.24, 2.45) is 0 Å². The molecular formula is C13H13FN4O2S. The molecule has 1 aliphatic rings. The van der Waals surface area contributed by atoms with Gasteiger partial charge in [-0.25, -0.2) is 22.8 Å². The Kier molecular flexibility index (Phi) is 3.34. The van der Waals surface area contributed by atoms with Crippen LogP contribution in [0, 0.1) is 5.82 Å². The Labute approximate surface area is 121 Å². The molecule has 0 spiro atoms. The van der Waals surface area contributed by atoms with Gasteiger partial charge in [-0.15, -0.1) is 0 Å². The summed E-state index contributed by atoms with van der Waals surface area (Å²) in [5, 5.41) is 0. The van der Waals surface area contributed by atoms with Gasteiger partial charge in [0.2, 0.25) is 16.0 Å². The van der Waals surface area contributed by atoms with Crippen molar-refractivity contribution in [1.29, 1.82) is 0 Å². The minimum absolute atomic E-state index is 0.0642. The van der Waals surface area contributed by atoms with Gasteiger partial charge in [0.25, 0.3) is 0 Å². The zero-order chi connectivity index (χ0) is 15.0. The third kappa shape index (κ3) is 2.59. The number of nitrogen functional groups attached to an aromatic ring is 1. The Morgan fingerprint density at radius 1 is 1.24 bits per heavy atom. The van der Waals surface area contributed by atoms with Gasteiger partial charge in [-0.05, 0) is 36.2 Å². The second-order valence-corrected chi connectivity index (χ2v) is 6.68. The fraction of sp³-hybridized carbons (Fsp3) is 0.231. The van der Waals surface area contributed by atoms with E-state index in [0.717, 1.165) is 17.7 Å². The third-order valence-corrected chi connectivity index (χ3v) is 5.24. The maximum Gasteiger partial charge on any atom is 0.243 e. The number of aromatic nitrogens is 2. The van der Waals surface area contributed by atoms with Gasteiger partial charge in [-0.3, -0.25) is 0 Å². The summed E-state index contributed by atoms with van der Waals surface area (Å²) in [6, 6.07) is 4.78. The van der Waals surface area contributed by atoms with Crippen LogP contribution in [0.1, 0.15) is 11.3 Å². The van der Waals surface area contributed by atoms with E-state index in [0.29, 0.717) is 18.7 Å². The molecule has 1 aliphatic heterocycles. The summed E-state index contributed by atoms with van der Waals surface area (Å²) in [6.45, 7) is 0.474. The molecule has 110 valence electrons. The third-order valence-electron chi connectivity index (χ3n) is 3.38. The van der Waals surface area contributed by atoms with E-state index in [9.17, 15) is 12.8 Å². The molecule has 6 nitrogen and oxygen atoms in total. The molecule has 0 amide bonds. The molecule has 0 aliphatic carbocycles. The Morgan fingerprint density at radius 2 is 1.95 bits per heavy atom. The highest BCUT2D eigenvalue weighted by molar-refractivity contribution is 7.89. The number of hydrogen-bond acceptors (Lipinski definition) is 5. The zero-order valence-electron chi connectivity index (χ0n) is 11.0. The minimum atomic E-state index is -3.67. The molecule has 0 atom stereocenters. The summed E-state index contributed by atoms with van der Waals surface area (Å²) >= 11 is 0. The number of halogens is 1. The molecule has 0 unspecified atom stereocenters. The number of rotatable bonds is 2. The lowest BCUT2D eigenvalue weighted by atomic mass is 10.1. The van der Waals surface area contributed by atoms with E-state index in [1.807, 2.05) is 0 Å². The van der Waals surface area contributed by atoms with Crippen molar-refractivity contribution in [1.82, 2.24) is 14.3 Å². The van der Waals surface area contributed by atoms with E-state index in [1.165, 1.54) is 16.4 Å². The molecular weight excluding hydrogens is 295 g/mol. The number of anilines is 1. The minimum Gasteiger partial charge on any atom is -0.368 e. The predicted molar refractivity (Wildman–Crippen MR) is 74.1 cm³/mol. The average Bonchev–Trinajstić information content (AvgIpc) is 2.47. The number of nitrogens with zero attached hydrogens (tertiary/aromatic N) is 3. The van der Waals surface area contributed by atoms with Crippen LogP contribution in [0.25, 0.3) is 0 Å². The van der Waals surface area contributed by atoms with Crippen LogP contribution in [0.3, 0.4) is 0 Å². The number of benzene rings is 1. The van der Waals surface area contributed by atoms with Crippen molar-refractivity contribution in [3.63, 3.8) is 0 Å². The first-order valence-corrected chi connectivity index (χ1v) is 7.77. The largest absolute Gasteiger partial charge is 0.368 e. The zero-order valence-corrected chi connectivity index (χ0v) is 11.8. The highest BCUT2D eigenvalue weighted by Gasteiger charge is 2.29. The summed E-state index contributed by atoms with van der Waals surface area (Å²) < 4.78 is 39.3. The maximum absolute atomic E-state index is 12.9. The maximum atomic E-state index is 12.9. The molecule has 0 saturated heterocycles. The van der Waals surface area contributed by atoms with Crippen LogP contribution in [-0.2, 0) is 23.0 Å². The van der Waals surface area contributed by atoms with Gasteiger partial charge in [-0.1, -0.05) is 0 Å². The first kappa shape index (κ1) is 13.9. The van der Waals surface area contributed by atoms with Crippen LogP contribution in [0.15, 0.2) is 35.4 Å². The Morgan fingerprint density at radius 3 is 2.67 bits per heavy atom. The number of hydrogen-bond donors (Lipinski definition) is 1. The molecule has 0 bridgehead atoms. The van der Waals surface area contributed by atoms with Gasteiger partial charge in [0.15, 0.2) is 0 Å². The highest BCUT2D eigenvalue weighted by Crippen LogP contribution is 2.24. The van der Waals surface area contributed by atoms with Crippen LogP contribution in [0.2, 0.25) is 0 Å². The van der Waals surface area contributed by atoms with Crippen LogP contribution in [0.4, 0.5) is 10.3 Å². The van der Waals surface area contributed by atoms with Crippen LogP contribution in [0.5, 0.6) is 0 Å². The first-order chi connectivity index (χ1) is 9.96. The van der Waals surface area contributed by atoms with Gasteiger partial charge in [0, 0.05) is 12.7 Å². The van der Waals surface area contributed by atoms with Gasteiger partial charge in [0.1, 0.15) is 5.82 Å². The van der Waals surface area contributed by atoms with Crippen molar-refractivity contribution < 1.29 is 12.8 Å². The van der Waals surface area contributed by atoms with Crippen molar-refractivity contribution in [2.75, 3.05) is 12.3 Å². The quantitative estimate of drug-likeness (QED) is 0.892. The Bertz CT molecular complexity index is 777. The smallest absolute Gasteiger partial charge is 0.243 e. The average molecular weight is 308 g/mol. The van der Waals surface area contributed by atoms with Crippen LogP contribution in [-0.4, -0.2) is 29.2 Å². The van der Waals surface area contributed by atoms with Crippen LogP contribution < -0.4 is 5.73 Å². The fourth-order valence-corrected chi connectivity index (χ4v) is 3.66. The van der Waals surface area contributed by atoms with Crippen molar-refractivity contribution in [3.8, 4) is 0 Å². The second-order valence-electron chi connectivity index (χ2n) is 4.74. The lowest BCUT2D eigenvalue weighted by Crippen LogP contribution is -2.36. The summed E-state index contributed by atoms with van der Waals surface area (Å²) in [5.74, 6) is -0.353. The normalized spacial score (nSPS) is 15.7. The molecule has 21 heavy (non-hydrogen) atoms. The summed E-state index contributed by atoms with van der Waals surface area (Å²) in [6.07, 6.45) is 2.15. The number of sulfonamides is 1. The molecule has 2 aromatic rings. The molecule has 0 radical (unpaired) electrons. The number of fused-ring (bicyclic) bond motifs is 1. The van der Waals surface area contributed by atoms with Gasteiger partial charge in [-0.2, -0.15) is 4.31 Å². The molecule has 8 heteroatoms. The topological polar surface area (TPSA) is 89.2 Å². The van der Waals surface area contributed by atoms with Gasteiger partial charge >= 0.3 is 0 Å². The molecule has 3 rings (SSSR count). The molecule has 2 N–H and O–H groups in total. The van der Waals surface area contributed by atoms with E-state index in [4.69, 9.17) is 5.73 Å².